The van der Waals surface area contributed by atoms with Crippen LogP contribution in [0.15, 0.2) is 30.3 Å². The molecule has 0 radical (unpaired) electrons. The zero-order chi connectivity index (χ0) is 15.3. The summed E-state index contributed by atoms with van der Waals surface area (Å²) in [4.78, 5) is 11.2. The minimum Gasteiger partial charge on any atom is -0.465 e. The maximum absolute atomic E-state index is 11.2. The van der Waals surface area contributed by atoms with Gasteiger partial charge in [-0.3, -0.25) is 4.79 Å². The highest BCUT2D eigenvalue weighted by Gasteiger charge is 2.07. The van der Waals surface area contributed by atoms with Crippen molar-refractivity contribution in [2.75, 3.05) is 19.7 Å². The Balaban J connectivity index is 2.21. The fourth-order valence-corrected chi connectivity index (χ4v) is 2.23. The lowest BCUT2D eigenvalue weighted by molar-refractivity contribution is -0.141. The first-order valence-electron chi connectivity index (χ1n) is 7.89. The van der Waals surface area contributed by atoms with Crippen LogP contribution in [0.5, 0.6) is 0 Å². The summed E-state index contributed by atoms with van der Waals surface area (Å²) in [6.07, 6.45) is 3.32. The number of carbonyl (C=O) groups is 1. The van der Waals surface area contributed by atoms with Crippen LogP contribution in [0.25, 0.3) is 0 Å². The summed E-state index contributed by atoms with van der Waals surface area (Å²) in [6, 6.07) is 10.9. The average Bonchev–Trinajstić information content (AvgIpc) is 2.50. The molecule has 4 heteroatoms. The molecule has 21 heavy (non-hydrogen) atoms. The van der Waals surface area contributed by atoms with Gasteiger partial charge >= 0.3 is 5.97 Å². The number of benzene rings is 1. The number of ether oxygens (including phenoxy) is 1. The molecule has 2 N–H and O–H groups in total. The molecular formula is C17H28N2O2. The molecule has 118 valence electrons. The molecule has 1 aromatic rings. The highest BCUT2D eigenvalue weighted by Crippen LogP contribution is 2.04. The number of nitrogens with one attached hydrogen (secondary N) is 2. The van der Waals surface area contributed by atoms with Crippen molar-refractivity contribution in [3.05, 3.63) is 35.9 Å². The van der Waals surface area contributed by atoms with Gasteiger partial charge in [0.05, 0.1) is 13.2 Å². The van der Waals surface area contributed by atoms with Gasteiger partial charge in [0.25, 0.3) is 0 Å². The predicted octanol–water partition coefficient (Wildman–Crippen LogP) is 2.49. The second-order valence-corrected chi connectivity index (χ2v) is 5.12. The predicted molar refractivity (Wildman–Crippen MR) is 86.1 cm³/mol. The average molecular weight is 292 g/mol. The number of rotatable bonds is 11. The van der Waals surface area contributed by atoms with Crippen molar-refractivity contribution in [1.82, 2.24) is 10.6 Å². The van der Waals surface area contributed by atoms with Gasteiger partial charge in [-0.25, -0.2) is 0 Å². The minimum absolute atomic E-state index is 0.179. The first-order valence-corrected chi connectivity index (χ1v) is 7.89. The Labute approximate surface area is 128 Å². The molecule has 1 aromatic carbocycles. The molecule has 0 saturated carbocycles. The van der Waals surface area contributed by atoms with Crippen molar-refractivity contribution in [1.29, 1.82) is 0 Å². The number of esters is 1. The molecule has 0 amide bonds. The lowest BCUT2D eigenvalue weighted by atomic mass is 10.1. The Morgan fingerprint density at radius 1 is 1.19 bits per heavy atom. The van der Waals surface area contributed by atoms with Gasteiger partial charge in [0.2, 0.25) is 0 Å². The Hall–Kier alpha value is -1.39. The van der Waals surface area contributed by atoms with E-state index in [0.29, 0.717) is 19.2 Å². The Morgan fingerprint density at radius 3 is 2.62 bits per heavy atom. The monoisotopic (exact) mass is 292 g/mol. The van der Waals surface area contributed by atoms with Crippen molar-refractivity contribution >= 4 is 5.97 Å². The summed E-state index contributed by atoms with van der Waals surface area (Å²) in [5.41, 5.74) is 1.30. The molecule has 4 nitrogen and oxygen atoms in total. The van der Waals surface area contributed by atoms with E-state index in [4.69, 9.17) is 4.74 Å². The van der Waals surface area contributed by atoms with Crippen LogP contribution in [0.2, 0.25) is 0 Å². The molecule has 0 aliphatic rings. The fraction of sp³-hybridized carbons (Fsp3) is 0.588. The smallest absolute Gasteiger partial charge is 0.319 e. The van der Waals surface area contributed by atoms with E-state index >= 15 is 0 Å². The van der Waals surface area contributed by atoms with Gasteiger partial charge in [-0.05, 0) is 31.9 Å². The Kier molecular flexibility index (Phi) is 9.49. The van der Waals surface area contributed by atoms with E-state index < -0.39 is 0 Å². The third kappa shape index (κ3) is 8.48. The van der Waals surface area contributed by atoms with Gasteiger partial charge in [-0.2, -0.15) is 0 Å². The van der Waals surface area contributed by atoms with Gasteiger partial charge in [0.1, 0.15) is 0 Å². The van der Waals surface area contributed by atoms with Crippen molar-refractivity contribution in [2.24, 2.45) is 0 Å². The third-order valence-electron chi connectivity index (χ3n) is 3.32. The summed E-state index contributed by atoms with van der Waals surface area (Å²) in [5.74, 6) is -0.179. The minimum atomic E-state index is -0.179. The van der Waals surface area contributed by atoms with Crippen LogP contribution >= 0.6 is 0 Å². The van der Waals surface area contributed by atoms with E-state index in [1.165, 1.54) is 5.56 Å². The van der Waals surface area contributed by atoms with Gasteiger partial charge < -0.3 is 15.4 Å². The van der Waals surface area contributed by atoms with E-state index in [2.05, 4.69) is 41.8 Å². The molecule has 1 rings (SSSR count). The van der Waals surface area contributed by atoms with Gasteiger partial charge in [0.15, 0.2) is 0 Å². The Morgan fingerprint density at radius 2 is 1.95 bits per heavy atom. The maximum Gasteiger partial charge on any atom is 0.319 e. The van der Waals surface area contributed by atoms with Crippen LogP contribution < -0.4 is 10.6 Å². The molecule has 1 unspecified atom stereocenters. The van der Waals surface area contributed by atoms with Gasteiger partial charge in [0, 0.05) is 12.6 Å². The Bertz CT molecular complexity index is 382. The molecule has 0 bridgehead atoms. The van der Waals surface area contributed by atoms with E-state index in [0.717, 1.165) is 32.4 Å². The van der Waals surface area contributed by atoms with Crippen LogP contribution in [0.1, 0.15) is 38.7 Å². The van der Waals surface area contributed by atoms with Crippen LogP contribution in [0, 0.1) is 0 Å². The number of hydrogen-bond donors (Lipinski definition) is 2. The van der Waals surface area contributed by atoms with Crippen LogP contribution in [-0.2, 0) is 16.1 Å². The summed E-state index contributed by atoms with van der Waals surface area (Å²) < 4.78 is 4.88. The molecule has 0 aliphatic heterocycles. The van der Waals surface area contributed by atoms with E-state index in [1.807, 2.05) is 13.0 Å². The second-order valence-electron chi connectivity index (χ2n) is 5.12. The van der Waals surface area contributed by atoms with Gasteiger partial charge in [-0.1, -0.05) is 43.7 Å². The standard InChI is InChI=1S/C17H28N2O2/c1-3-8-16(11-12-18-14-17(20)21-4-2)19-13-15-9-6-5-7-10-15/h5-7,9-10,16,18-19H,3-4,8,11-14H2,1-2H3. The summed E-state index contributed by atoms with van der Waals surface area (Å²) in [5, 5.41) is 6.74. The molecule has 1 atom stereocenters. The summed E-state index contributed by atoms with van der Waals surface area (Å²) >= 11 is 0. The normalized spacial score (nSPS) is 12.1. The lowest BCUT2D eigenvalue weighted by Crippen LogP contribution is -2.34. The SMILES string of the molecule is CCCC(CCNCC(=O)OCC)NCc1ccccc1. The molecule has 0 saturated heterocycles. The highest BCUT2D eigenvalue weighted by atomic mass is 16.5. The van der Waals surface area contributed by atoms with Crippen LogP contribution in [0.4, 0.5) is 0 Å². The second kappa shape index (κ2) is 11.3. The molecule has 0 fully saturated rings. The van der Waals surface area contributed by atoms with Gasteiger partial charge in [-0.15, -0.1) is 0 Å². The highest BCUT2D eigenvalue weighted by molar-refractivity contribution is 5.71. The molecule has 0 aromatic heterocycles. The maximum atomic E-state index is 11.2. The van der Waals surface area contributed by atoms with E-state index in [9.17, 15) is 4.79 Å². The molecule has 0 aliphatic carbocycles. The first kappa shape index (κ1) is 17.7. The molecular weight excluding hydrogens is 264 g/mol. The quantitative estimate of drug-likeness (QED) is 0.486. The number of carbonyl (C=O) groups excluding carboxylic acids is 1. The van der Waals surface area contributed by atoms with E-state index in [1.54, 1.807) is 0 Å². The first-order chi connectivity index (χ1) is 10.3. The number of hydrogen-bond acceptors (Lipinski definition) is 4. The van der Waals surface area contributed by atoms with E-state index in [-0.39, 0.29) is 5.97 Å². The zero-order valence-corrected chi connectivity index (χ0v) is 13.2. The van der Waals surface area contributed by atoms with Crippen molar-refractivity contribution in [3.8, 4) is 0 Å². The third-order valence-corrected chi connectivity index (χ3v) is 3.32. The van der Waals surface area contributed by atoms with Crippen molar-refractivity contribution < 1.29 is 9.53 Å². The van der Waals surface area contributed by atoms with Crippen molar-refractivity contribution in [3.63, 3.8) is 0 Å². The van der Waals surface area contributed by atoms with Crippen LogP contribution in [0.3, 0.4) is 0 Å². The fourth-order valence-electron chi connectivity index (χ4n) is 2.23. The van der Waals surface area contributed by atoms with Crippen LogP contribution in [-0.4, -0.2) is 31.7 Å². The topological polar surface area (TPSA) is 50.4 Å². The summed E-state index contributed by atoms with van der Waals surface area (Å²) in [6.45, 7) is 6.48. The lowest BCUT2D eigenvalue weighted by Gasteiger charge is -2.18. The molecule has 0 spiro atoms. The molecule has 0 heterocycles. The van der Waals surface area contributed by atoms with Crippen molar-refractivity contribution in [2.45, 2.75) is 45.7 Å². The summed E-state index contributed by atoms with van der Waals surface area (Å²) in [7, 11) is 0. The largest absolute Gasteiger partial charge is 0.465 e. The zero-order valence-electron chi connectivity index (χ0n) is 13.2.